The van der Waals surface area contributed by atoms with Crippen LogP contribution in [0.15, 0.2) is 48.5 Å². The summed E-state index contributed by atoms with van der Waals surface area (Å²) in [5.74, 6) is -0.687. The average Bonchev–Trinajstić information content (AvgIpc) is 2.94. The van der Waals surface area contributed by atoms with Gasteiger partial charge in [0.15, 0.2) is 0 Å². The van der Waals surface area contributed by atoms with E-state index >= 15 is 0 Å². The third-order valence-corrected chi connectivity index (χ3v) is 7.65. The minimum atomic E-state index is -0.848. The molecule has 3 amide bonds. The Morgan fingerprint density at radius 2 is 1.57 bits per heavy atom. The van der Waals surface area contributed by atoms with E-state index in [0.717, 1.165) is 54.4 Å². The number of nitrogens with one attached hydrogen (secondary N) is 2. The Bertz CT molecular complexity index is 1140. The smallest absolute Gasteiger partial charge is 0.408 e. The maximum atomic E-state index is 14.5. The molecule has 0 aliphatic heterocycles. The molecule has 0 saturated heterocycles. The molecule has 42 heavy (non-hydrogen) atoms. The number of hydrogen-bond acceptors (Lipinski definition) is 4. The predicted octanol–water partition coefficient (Wildman–Crippen LogP) is 7.40. The number of benzene rings is 2. The number of carbonyl (C=O) groups excluding carboxylic acids is 3. The first-order valence-corrected chi connectivity index (χ1v) is 15.6. The Morgan fingerprint density at radius 3 is 2.17 bits per heavy atom. The number of carbonyl (C=O) groups is 3. The quantitative estimate of drug-likeness (QED) is 0.215. The summed E-state index contributed by atoms with van der Waals surface area (Å²) in [6.07, 6.45) is 5.06. The molecule has 2 aromatic rings. The zero-order valence-corrected chi connectivity index (χ0v) is 27.1. The van der Waals surface area contributed by atoms with E-state index in [-0.39, 0.29) is 17.7 Å². The Kier molecular flexibility index (Phi) is 14.1. The summed E-state index contributed by atoms with van der Waals surface area (Å²) in [7, 11) is 0. The molecule has 0 heterocycles. The average molecular weight is 580 g/mol. The van der Waals surface area contributed by atoms with Gasteiger partial charge >= 0.3 is 6.09 Å². The highest BCUT2D eigenvalue weighted by Gasteiger charge is 2.38. The fraction of sp³-hybridized carbons (Fsp3) is 0.571. The van der Waals surface area contributed by atoms with E-state index < -0.39 is 23.8 Å². The van der Waals surface area contributed by atoms with Crippen molar-refractivity contribution in [1.29, 1.82) is 0 Å². The third-order valence-electron chi connectivity index (χ3n) is 7.65. The summed E-state index contributed by atoms with van der Waals surface area (Å²) in [4.78, 5) is 43.1. The topological polar surface area (TPSA) is 87.7 Å². The summed E-state index contributed by atoms with van der Waals surface area (Å²) in [5, 5.41) is 5.94. The lowest BCUT2D eigenvalue weighted by atomic mass is 9.94. The first-order valence-electron chi connectivity index (χ1n) is 15.6. The normalized spacial score (nSPS) is 13.5. The van der Waals surface area contributed by atoms with Gasteiger partial charge in [0.05, 0.1) is 0 Å². The van der Waals surface area contributed by atoms with Crippen LogP contribution in [0, 0.1) is 19.8 Å². The largest absolute Gasteiger partial charge is 0.444 e. The molecule has 0 aliphatic carbocycles. The molecule has 0 aromatic heterocycles. The monoisotopic (exact) mass is 579 g/mol. The Labute approximate surface area is 253 Å². The van der Waals surface area contributed by atoms with E-state index in [1.807, 2.05) is 76.2 Å². The molecule has 0 fully saturated rings. The van der Waals surface area contributed by atoms with Gasteiger partial charge in [-0.25, -0.2) is 4.79 Å². The van der Waals surface area contributed by atoms with E-state index in [1.165, 1.54) is 0 Å². The van der Waals surface area contributed by atoms with Crippen LogP contribution in [0.2, 0.25) is 0 Å². The maximum absolute atomic E-state index is 14.5. The lowest BCUT2D eigenvalue weighted by molar-refractivity contribution is -0.143. The van der Waals surface area contributed by atoms with Crippen LogP contribution in [0.25, 0.3) is 0 Å². The Balaban J connectivity index is 2.52. The molecule has 7 heteroatoms. The second-order valence-electron chi connectivity index (χ2n) is 12.4. The maximum Gasteiger partial charge on any atom is 0.408 e. The molecule has 2 rings (SSSR count). The molecular weight excluding hydrogens is 526 g/mol. The molecule has 3 unspecified atom stereocenters. The molecule has 0 aliphatic rings. The van der Waals surface area contributed by atoms with Crippen LogP contribution in [0.5, 0.6) is 0 Å². The second kappa shape index (κ2) is 16.9. The number of hydrogen-bond donors (Lipinski definition) is 2. The van der Waals surface area contributed by atoms with Gasteiger partial charge in [-0.3, -0.25) is 9.59 Å². The zero-order chi connectivity index (χ0) is 31.3. The van der Waals surface area contributed by atoms with Gasteiger partial charge in [-0.15, -0.1) is 0 Å². The van der Waals surface area contributed by atoms with E-state index in [1.54, 1.807) is 25.7 Å². The molecule has 2 N–H and O–H groups in total. The van der Waals surface area contributed by atoms with Crippen molar-refractivity contribution in [2.75, 3.05) is 6.54 Å². The van der Waals surface area contributed by atoms with Gasteiger partial charge in [0.2, 0.25) is 11.8 Å². The summed E-state index contributed by atoms with van der Waals surface area (Å²) >= 11 is 0. The molecule has 2 aromatic carbocycles. The number of unbranched alkanes of at least 4 members (excludes halogenated alkanes) is 4. The van der Waals surface area contributed by atoms with Gasteiger partial charge in [-0.2, -0.15) is 0 Å². The van der Waals surface area contributed by atoms with E-state index in [9.17, 15) is 14.4 Å². The minimum Gasteiger partial charge on any atom is -0.444 e. The molecule has 7 nitrogen and oxygen atoms in total. The van der Waals surface area contributed by atoms with Crippen molar-refractivity contribution in [3.05, 3.63) is 70.8 Å². The molecule has 0 spiro atoms. The molecule has 3 atom stereocenters. The Hall–Kier alpha value is -3.35. The number of aryl methyl sites for hydroxylation is 2. The van der Waals surface area contributed by atoms with Crippen LogP contribution in [0.4, 0.5) is 4.79 Å². The van der Waals surface area contributed by atoms with Crippen LogP contribution in [-0.2, 0) is 20.9 Å². The standard InChI is InChI=1S/C35H53N3O4/c1-9-11-12-13-17-22-38(33(40)30(25(3)10-2)37-34(41)42-35(6,7)8)31(29-21-20-26(4)27(5)23-29)32(39)36-24-28-18-15-14-16-19-28/h14-16,18-21,23,25,30-31H,9-13,17,22,24H2,1-8H3,(H,36,39)(H,37,41). The van der Waals surface area contributed by atoms with Gasteiger partial charge in [0.1, 0.15) is 17.7 Å². The van der Waals surface area contributed by atoms with Gasteiger partial charge < -0.3 is 20.3 Å². The fourth-order valence-electron chi connectivity index (χ4n) is 4.84. The van der Waals surface area contributed by atoms with Gasteiger partial charge in [0.25, 0.3) is 0 Å². The van der Waals surface area contributed by atoms with E-state index in [4.69, 9.17) is 4.74 Å². The van der Waals surface area contributed by atoms with Crippen molar-refractivity contribution in [3.8, 4) is 0 Å². The van der Waals surface area contributed by atoms with Crippen molar-refractivity contribution >= 4 is 17.9 Å². The fourth-order valence-corrected chi connectivity index (χ4v) is 4.84. The van der Waals surface area contributed by atoms with Crippen molar-refractivity contribution < 1.29 is 19.1 Å². The summed E-state index contributed by atoms with van der Waals surface area (Å²) in [5.41, 5.74) is 3.19. The molecule has 0 bridgehead atoms. The minimum absolute atomic E-state index is 0.166. The lowest BCUT2D eigenvalue weighted by Crippen LogP contribution is -2.55. The van der Waals surface area contributed by atoms with Crippen LogP contribution >= 0.6 is 0 Å². The van der Waals surface area contributed by atoms with Crippen LogP contribution in [0.3, 0.4) is 0 Å². The number of nitrogens with zero attached hydrogens (tertiary/aromatic N) is 1. The van der Waals surface area contributed by atoms with Gasteiger partial charge in [-0.05, 0) is 69.2 Å². The van der Waals surface area contributed by atoms with Crippen LogP contribution in [0.1, 0.15) is 108 Å². The lowest BCUT2D eigenvalue weighted by Gasteiger charge is -2.36. The number of ether oxygens (including phenoxy) is 1. The SMILES string of the molecule is CCCCCCCN(C(=O)C(NC(=O)OC(C)(C)C)C(C)CC)C(C(=O)NCc1ccccc1)c1ccc(C)c(C)c1. The van der Waals surface area contributed by atoms with Crippen LogP contribution < -0.4 is 10.6 Å². The van der Waals surface area contributed by atoms with Gasteiger partial charge in [0, 0.05) is 13.1 Å². The van der Waals surface area contributed by atoms with Crippen molar-refractivity contribution in [1.82, 2.24) is 15.5 Å². The third kappa shape index (κ3) is 11.1. The Morgan fingerprint density at radius 1 is 0.905 bits per heavy atom. The zero-order valence-electron chi connectivity index (χ0n) is 27.1. The second-order valence-corrected chi connectivity index (χ2v) is 12.4. The van der Waals surface area contributed by atoms with E-state index in [0.29, 0.717) is 19.5 Å². The number of rotatable bonds is 15. The summed E-state index contributed by atoms with van der Waals surface area (Å²) in [6, 6.07) is 14.0. The highest BCUT2D eigenvalue weighted by atomic mass is 16.6. The summed E-state index contributed by atoms with van der Waals surface area (Å²) in [6.45, 7) is 16.3. The summed E-state index contributed by atoms with van der Waals surface area (Å²) < 4.78 is 5.53. The molecule has 0 radical (unpaired) electrons. The molecule has 232 valence electrons. The molecular formula is C35H53N3O4. The van der Waals surface area contributed by atoms with Crippen LogP contribution in [-0.4, -0.2) is 41.0 Å². The predicted molar refractivity (Wildman–Crippen MR) is 170 cm³/mol. The van der Waals surface area contributed by atoms with Crippen molar-refractivity contribution in [2.45, 2.75) is 118 Å². The first-order chi connectivity index (χ1) is 19.9. The van der Waals surface area contributed by atoms with Crippen molar-refractivity contribution in [2.24, 2.45) is 5.92 Å². The highest BCUT2D eigenvalue weighted by molar-refractivity contribution is 5.92. The highest BCUT2D eigenvalue weighted by Crippen LogP contribution is 2.27. The number of amides is 3. The number of alkyl carbamates (subject to hydrolysis) is 1. The van der Waals surface area contributed by atoms with Gasteiger partial charge in [-0.1, -0.05) is 101 Å². The van der Waals surface area contributed by atoms with Crippen molar-refractivity contribution in [3.63, 3.8) is 0 Å². The first kappa shape index (κ1) is 34.8. The van der Waals surface area contributed by atoms with E-state index in [2.05, 4.69) is 17.6 Å². The molecule has 0 saturated carbocycles.